The maximum atomic E-state index is 10.9. The van der Waals surface area contributed by atoms with E-state index < -0.39 is 5.97 Å². The van der Waals surface area contributed by atoms with Gasteiger partial charge in [-0.25, -0.2) is 14.8 Å². The molecule has 0 unspecified atom stereocenters. The van der Waals surface area contributed by atoms with Crippen molar-refractivity contribution in [3.8, 4) is 0 Å². The van der Waals surface area contributed by atoms with Crippen LogP contribution in [0.3, 0.4) is 0 Å². The molecule has 3 N–H and O–H groups in total. The Morgan fingerprint density at radius 3 is 2.71 bits per heavy atom. The van der Waals surface area contributed by atoms with Crippen molar-refractivity contribution >= 4 is 11.8 Å². The summed E-state index contributed by atoms with van der Waals surface area (Å²) in [6.07, 6.45) is 5.67. The van der Waals surface area contributed by atoms with E-state index in [1.165, 1.54) is 12.4 Å². The van der Waals surface area contributed by atoms with Crippen molar-refractivity contribution in [2.45, 2.75) is 19.3 Å². The number of nitrogens with zero attached hydrogens (tertiary/aromatic N) is 2. The molecule has 17 heavy (non-hydrogen) atoms. The summed E-state index contributed by atoms with van der Waals surface area (Å²) < 4.78 is 0. The first-order chi connectivity index (χ1) is 8.17. The molecule has 0 bridgehead atoms. The summed E-state index contributed by atoms with van der Waals surface area (Å²) in [6.45, 7) is 0.792. The normalized spacial score (nSPS) is 16.5. The van der Waals surface area contributed by atoms with Gasteiger partial charge in [0.2, 0.25) is 0 Å². The Balaban J connectivity index is 2.02. The second-order valence-corrected chi connectivity index (χ2v) is 4.39. The van der Waals surface area contributed by atoms with Crippen LogP contribution in [0.1, 0.15) is 29.8 Å². The summed E-state index contributed by atoms with van der Waals surface area (Å²) in [5, 5.41) is 20.9. The highest BCUT2D eigenvalue weighted by molar-refractivity contribution is 5.90. The van der Waals surface area contributed by atoms with Gasteiger partial charge < -0.3 is 15.5 Å². The number of aliphatic hydroxyl groups excluding tert-OH is 1. The van der Waals surface area contributed by atoms with Gasteiger partial charge in [-0.1, -0.05) is 0 Å². The van der Waals surface area contributed by atoms with E-state index in [0.29, 0.717) is 12.4 Å². The van der Waals surface area contributed by atoms with Crippen LogP contribution in [-0.4, -0.2) is 39.3 Å². The molecule has 0 radical (unpaired) electrons. The highest BCUT2D eigenvalue weighted by Gasteiger charge is 2.41. The number of aromatic nitrogens is 2. The van der Waals surface area contributed by atoms with Gasteiger partial charge in [-0.3, -0.25) is 0 Å². The van der Waals surface area contributed by atoms with Gasteiger partial charge in [0.15, 0.2) is 11.5 Å². The largest absolute Gasteiger partial charge is 0.476 e. The summed E-state index contributed by atoms with van der Waals surface area (Å²) in [4.78, 5) is 18.7. The fourth-order valence-corrected chi connectivity index (χ4v) is 1.82. The van der Waals surface area contributed by atoms with Gasteiger partial charge in [0, 0.05) is 25.5 Å². The molecule has 92 valence electrons. The van der Waals surface area contributed by atoms with E-state index in [1.54, 1.807) is 0 Å². The average molecular weight is 237 g/mol. The Morgan fingerprint density at radius 2 is 2.12 bits per heavy atom. The first kappa shape index (κ1) is 11.8. The van der Waals surface area contributed by atoms with E-state index in [1.807, 2.05) is 0 Å². The zero-order valence-electron chi connectivity index (χ0n) is 9.39. The topological polar surface area (TPSA) is 95.3 Å². The fraction of sp³-hybridized carbons (Fsp3) is 0.545. The lowest BCUT2D eigenvalue weighted by Crippen LogP contribution is -2.19. The molecule has 0 spiro atoms. The van der Waals surface area contributed by atoms with Crippen LogP contribution < -0.4 is 5.32 Å². The molecule has 1 saturated carbocycles. The second-order valence-electron chi connectivity index (χ2n) is 4.39. The summed E-state index contributed by atoms with van der Waals surface area (Å²) in [6, 6.07) is 0. The fourth-order valence-electron chi connectivity index (χ4n) is 1.82. The van der Waals surface area contributed by atoms with Crippen LogP contribution in [0.25, 0.3) is 0 Å². The molecule has 6 nitrogen and oxygen atoms in total. The standard InChI is InChI=1S/C11H15N3O3/c15-6-3-11(1-2-11)7-14-9-8(10(16)17)12-4-5-13-9/h4-5,15H,1-3,6-7H2,(H,13,14)(H,16,17). The molecular formula is C11H15N3O3. The first-order valence-electron chi connectivity index (χ1n) is 5.56. The molecule has 6 heteroatoms. The molecule has 0 aromatic carbocycles. The number of carboxylic acids is 1. The van der Waals surface area contributed by atoms with Crippen LogP contribution >= 0.6 is 0 Å². The number of rotatable bonds is 6. The smallest absolute Gasteiger partial charge is 0.358 e. The van der Waals surface area contributed by atoms with Gasteiger partial charge in [-0.05, 0) is 24.7 Å². The lowest BCUT2D eigenvalue weighted by atomic mass is 10.0. The summed E-state index contributed by atoms with van der Waals surface area (Å²) in [7, 11) is 0. The van der Waals surface area contributed by atoms with Crippen molar-refractivity contribution in [1.29, 1.82) is 0 Å². The molecule has 0 saturated heterocycles. The van der Waals surface area contributed by atoms with Crippen LogP contribution in [0.5, 0.6) is 0 Å². The molecule has 1 aliphatic rings. The third-order valence-corrected chi connectivity index (χ3v) is 3.13. The lowest BCUT2D eigenvalue weighted by Gasteiger charge is -2.15. The zero-order chi connectivity index (χ0) is 12.3. The third-order valence-electron chi connectivity index (χ3n) is 3.13. The Kier molecular flexibility index (Phi) is 3.23. The molecule has 0 atom stereocenters. The Labute approximate surface area is 98.7 Å². The minimum absolute atomic E-state index is 0.0627. The number of carboxylic acid groups (broad SMARTS) is 1. The molecule has 1 aromatic rings. The number of nitrogens with one attached hydrogen (secondary N) is 1. The number of hydrogen-bond donors (Lipinski definition) is 3. The molecule has 2 rings (SSSR count). The maximum absolute atomic E-state index is 10.9. The minimum Gasteiger partial charge on any atom is -0.476 e. The van der Waals surface area contributed by atoms with E-state index in [9.17, 15) is 4.79 Å². The SMILES string of the molecule is O=C(O)c1nccnc1NCC1(CCO)CC1. The van der Waals surface area contributed by atoms with E-state index in [-0.39, 0.29) is 17.7 Å². The Hall–Kier alpha value is -1.69. The van der Waals surface area contributed by atoms with Gasteiger partial charge in [0.25, 0.3) is 0 Å². The average Bonchev–Trinajstić information content (AvgIpc) is 3.08. The van der Waals surface area contributed by atoms with Crippen molar-refractivity contribution in [2.75, 3.05) is 18.5 Å². The highest BCUT2D eigenvalue weighted by atomic mass is 16.4. The Bertz CT molecular complexity index is 418. The predicted molar refractivity (Wildman–Crippen MR) is 60.9 cm³/mol. The molecule has 1 aliphatic carbocycles. The third kappa shape index (κ3) is 2.71. The molecular weight excluding hydrogens is 222 g/mol. The number of hydrogen-bond acceptors (Lipinski definition) is 5. The van der Waals surface area contributed by atoms with E-state index in [4.69, 9.17) is 10.2 Å². The van der Waals surface area contributed by atoms with E-state index >= 15 is 0 Å². The van der Waals surface area contributed by atoms with Crippen LogP contribution in [0.2, 0.25) is 0 Å². The molecule has 1 heterocycles. The van der Waals surface area contributed by atoms with Crippen molar-refractivity contribution in [1.82, 2.24) is 9.97 Å². The van der Waals surface area contributed by atoms with E-state index in [0.717, 1.165) is 19.3 Å². The maximum Gasteiger partial charge on any atom is 0.358 e. The van der Waals surface area contributed by atoms with Crippen molar-refractivity contribution in [3.05, 3.63) is 18.1 Å². The summed E-state index contributed by atoms with van der Waals surface area (Å²) in [5.74, 6) is -0.795. The zero-order valence-corrected chi connectivity index (χ0v) is 9.39. The lowest BCUT2D eigenvalue weighted by molar-refractivity contribution is 0.0691. The van der Waals surface area contributed by atoms with Crippen LogP contribution in [0, 0.1) is 5.41 Å². The monoisotopic (exact) mass is 237 g/mol. The quantitative estimate of drug-likeness (QED) is 0.675. The first-order valence-corrected chi connectivity index (χ1v) is 5.56. The van der Waals surface area contributed by atoms with E-state index in [2.05, 4.69) is 15.3 Å². The summed E-state index contributed by atoms with van der Waals surface area (Å²) in [5.41, 5.74) is 0.0505. The van der Waals surface area contributed by atoms with Gasteiger partial charge >= 0.3 is 5.97 Å². The van der Waals surface area contributed by atoms with Crippen LogP contribution in [-0.2, 0) is 0 Å². The minimum atomic E-state index is -1.09. The number of anilines is 1. The molecule has 0 aliphatic heterocycles. The predicted octanol–water partition coefficient (Wildman–Crippen LogP) is 0.749. The number of aliphatic hydroxyl groups is 1. The second kappa shape index (κ2) is 4.67. The van der Waals surface area contributed by atoms with Crippen molar-refractivity contribution in [3.63, 3.8) is 0 Å². The number of aromatic carboxylic acids is 1. The van der Waals surface area contributed by atoms with Gasteiger partial charge in [-0.15, -0.1) is 0 Å². The van der Waals surface area contributed by atoms with Gasteiger partial charge in [0.05, 0.1) is 0 Å². The highest BCUT2D eigenvalue weighted by Crippen LogP contribution is 2.48. The van der Waals surface area contributed by atoms with Crippen LogP contribution in [0.4, 0.5) is 5.82 Å². The Morgan fingerprint density at radius 1 is 1.41 bits per heavy atom. The van der Waals surface area contributed by atoms with Crippen molar-refractivity contribution in [2.24, 2.45) is 5.41 Å². The molecule has 1 fully saturated rings. The van der Waals surface area contributed by atoms with Crippen LogP contribution in [0.15, 0.2) is 12.4 Å². The van der Waals surface area contributed by atoms with Gasteiger partial charge in [-0.2, -0.15) is 0 Å². The molecule has 1 aromatic heterocycles. The number of carbonyl (C=O) groups is 1. The molecule has 0 amide bonds. The van der Waals surface area contributed by atoms with Crippen molar-refractivity contribution < 1.29 is 15.0 Å². The van der Waals surface area contributed by atoms with Gasteiger partial charge in [0.1, 0.15) is 0 Å². The summed E-state index contributed by atoms with van der Waals surface area (Å²) >= 11 is 0.